The molecular weight excluding hydrogens is 361 g/mol. The molecule has 2 aromatic carbocycles. The van der Waals surface area contributed by atoms with E-state index in [4.69, 9.17) is 9.31 Å². The fourth-order valence-corrected chi connectivity index (χ4v) is 3.92. The smallest absolute Gasteiger partial charge is 0.399 e. The molecule has 3 rings (SSSR count). The molecule has 1 heterocycles. The van der Waals surface area contributed by atoms with Gasteiger partial charge < -0.3 is 9.31 Å². The Bertz CT molecular complexity index is 936. The lowest BCUT2D eigenvalue weighted by Gasteiger charge is -2.32. The zero-order valence-corrected chi connectivity index (χ0v) is 17.5. The van der Waals surface area contributed by atoms with Crippen molar-refractivity contribution in [3.63, 3.8) is 0 Å². The number of hydrogen-bond acceptors (Lipinski definition) is 4. The molecule has 144 valence electrons. The molecule has 0 saturated carbocycles. The average molecular weight is 387 g/mol. The van der Waals surface area contributed by atoms with Crippen LogP contribution < -0.4 is 10.2 Å². The van der Waals surface area contributed by atoms with Crippen molar-refractivity contribution in [3.8, 4) is 0 Å². The fraction of sp³-hybridized carbons (Fsp3) is 0.400. The minimum Gasteiger partial charge on any atom is -0.399 e. The van der Waals surface area contributed by atoms with E-state index in [-0.39, 0.29) is 4.90 Å². The highest BCUT2D eigenvalue weighted by molar-refractivity contribution is 7.92. The lowest BCUT2D eigenvalue weighted by Crippen LogP contribution is -2.41. The standard InChI is InChI=1S/C20H26BNO4S/c1-14-7-11-17(12-8-14)27(23,24)22-18-13-16(10-9-15(18)2)21-25-19(3,4)20(5,6)26-21/h7-13,22H,1-6H3. The molecule has 0 aliphatic carbocycles. The molecule has 0 amide bonds. The van der Waals surface area contributed by atoms with Crippen molar-refractivity contribution in [1.82, 2.24) is 0 Å². The van der Waals surface area contributed by atoms with Crippen molar-refractivity contribution in [2.24, 2.45) is 0 Å². The van der Waals surface area contributed by atoms with Gasteiger partial charge in [-0.15, -0.1) is 0 Å². The van der Waals surface area contributed by atoms with E-state index in [1.807, 2.05) is 53.7 Å². The summed E-state index contributed by atoms with van der Waals surface area (Å²) < 4.78 is 40.3. The van der Waals surface area contributed by atoms with Crippen LogP contribution in [0.5, 0.6) is 0 Å². The van der Waals surface area contributed by atoms with E-state index in [9.17, 15) is 8.42 Å². The van der Waals surface area contributed by atoms with Gasteiger partial charge in [0.15, 0.2) is 0 Å². The Hall–Kier alpha value is -1.83. The highest BCUT2D eigenvalue weighted by Crippen LogP contribution is 2.36. The van der Waals surface area contributed by atoms with Crippen LogP contribution in [0, 0.1) is 13.8 Å². The predicted octanol–water partition coefficient (Wildman–Crippen LogP) is 3.40. The SMILES string of the molecule is Cc1ccc(S(=O)(=O)Nc2cc(B3OC(C)(C)C(C)(C)O3)ccc2C)cc1. The average Bonchev–Trinajstić information content (AvgIpc) is 2.78. The summed E-state index contributed by atoms with van der Waals surface area (Å²) in [5, 5.41) is 0. The molecule has 1 aliphatic rings. The Kier molecular flexibility index (Phi) is 4.91. The number of nitrogens with one attached hydrogen (secondary N) is 1. The first-order valence-electron chi connectivity index (χ1n) is 8.97. The molecule has 0 atom stereocenters. The van der Waals surface area contributed by atoms with Gasteiger partial charge in [-0.1, -0.05) is 29.8 Å². The van der Waals surface area contributed by atoms with Gasteiger partial charge in [0.2, 0.25) is 0 Å². The number of benzene rings is 2. The summed E-state index contributed by atoms with van der Waals surface area (Å²) >= 11 is 0. The maximum absolute atomic E-state index is 12.7. The van der Waals surface area contributed by atoms with Crippen LogP contribution >= 0.6 is 0 Å². The van der Waals surface area contributed by atoms with Gasteiger partial charge in [-0.05, 0) is 70.8 Å². The van der Waals surface area contributed by atoms with E-state index in [1.54, 1.807) is 30.3 Å². The van der Waals surface area contributed by atoms with Crippen LogP contribution in [0.4, 0.5) is 5.69 Å². The molecular formula is C20H26BNO4S. The maximum atomic E-state index is 12.7. The third-order valence-corrected chi connectivity index (χ3v) is 6.74. The van der Waals surface area contributed by atoms with Gasteiger partial charge in [-0.2, -0.15) is 0 Å². The number of rotatable bonds is 4. The van der Waals surface area contributed by atoms with Crippen molar-refractivity contribution < 1.29 is 17.7 Å². The van der Waals surface area contributed by atoms with E-state index in [0.717, 1.165) is 16.6 Å². The Balaban J connectivity index is 1.90. The first-order chi connectivity index (χ1) is 12.4. The molecule has 7 heteroatoms. The molecule has 0 unspecified atom stereocenters. The van der Waals surface area contributed by atoms with Crippen LogP contribution in [-0.4, -0.2) is 26.7 Å². The molecule has 0 aromatic heterocycles. The van der Waals surface area contributed by atoms with Crippen molar-refractivity contribution in [3.05, 3.63) is 53.6 Å². The Labute approximate surface area is 162 Å². The summed E-state index contributed by atoms with van der Waals surface area (Å²) in [4.78, 5) is 0.230. The number of aryl methyl sites for hydroxylation is 2. The lowest BCUT2D eigenvalue weighted by molar-refractivity contribution is 0.00578. The number of hydrogen-bond donors (Lipinski definition) is 1. The summed E-state index contributed by atoms with van der Waals surface area (Å²) in [7, 11) is -4.21. The van der Waals surface area contributed by atoms with Gasteiger partial charge in [0.1, 0.15) is 0 Å². The van der Waals surface area contributed by atoms with Crippen LogP contribution in [0.15, 0.2) is 47.4 Å². The first-order valence-corrected chi connectivity index (χ1v) is 10.5. The van der Waals surface area contributed by atoms with Crippen LogP contribution in [0.1, 0.15) is 38.8 Å². The summed E-state index contributed by atoms with van der Waals surface area (Å²) in [6, 6.07) is 12.3. The van der Waals surface area contributed by atoms with Crippen molar-refractivity contribution in [2.45, 2.75) is 57.6 Å². The van der Waals surface area contributed by atoms with Crippen LogP contribution in [0.2, 0.25) is 0 Å². The molecule has 1 saturated heterocycles. The zero-order chi connectivity index (χ0) is 20.0. The van der Waals surface area contributed by atoms with Crippen molar-refractivity contribution in [1.29, 1.82) is 0 Å². The van der Waals surface area contributed by atoms with Crippen LogP contribution in [0.25, 0.3) is 0 Å². The summed E-state index contributed by atoms with van der Waals surface area (Å²) in [5.74, 6) is 0. The molecule has 1 N–H and O–H groups in total. The van der Waals surface area contributed by atoms with E-state index < -0.39 is 28.3 Å². The van der Waals surface area contributed by atoms with E-state index >= 15 is 0 Å². The van der Waals surface area contributed by atoms with Crippen molar-refractivity contribution >= 4 is 28.3 Å². The largest absolute Gasteiger partial charge is 0.494 e. The Morgan fingerprint density at radius 3 is 2.00 bits per heavy atom. The second kappa shape index (κ2) is 6.65. The third-order valence-electron chi connectivity index (χ3n) is 5.36. The molecule has 1 aliphatic heterocycles. The zero-order valence-electron chi connectivity index (χ0n) is 16.7. The highest BCUT2D eigenvalue weighted by Gasteiger charge is 2.51. The van der Waals surface area contributed by atoms with Crippen LogP contribution in [-0.2, 0) is 19.3 Å². The quantitative estimate of drug-likeness (QED) is 0.817. The Morgan fingerprint density at radius 2 is 1.44 bits per heavy atom. The minimum atomic E-state index is -3.67. The summed E-state index contributed by atoms with van der Waals surface area (Å²) in [5.41, 5.74) is 2.22. The third kappa shape index (κ3) is 3.90. The topological polar surface area (TPSA) is 64.6 Å². The molecule has 5 nitrogen and oxygen atoms in total. The van der Waals surface area contributed by atoms with Crippen LogP contribution in [0.3, 0.4) is 0 Å². The fourth-order valence-electron chi connectivity index (χ4n) is 2.80. The molecule has 2 aromatic rings. The highest BCUT2D eigenvalue weighted by atomic mass is 32.2. The second-order valence-electron chi connectivity index (χ2n) is 8.08. The monoisotopic (exact) mass is 387 g/mol. The maximum Gasteiger partial charge on any atom is 0.494 e. The molecule has 0 radical (unpaired) electrons. The van der Waals surface area contributed by atoms with Gasteiger partial charge in [0, 0.05) is 0 Å². The minimum absolute atomic E-state index is 0.230. The summed E-state index contributed by atoms with van der Waals surface area (Å²) in [6.07, 6.45) is 0. The number of sulfonamides is 1. The Morgan fingerprint density at radius 1 is 0.889 bits per heavy atom. The normalized spacial score (nSPS) is 18.5. The summed E-state index contributed by atoms with van der Waals surface area (Å²) in [6.45, 7) is 11.7. The number of anilines is 1. The van der Waals surface area contributed by atoms with E-state index in [0.29, 0.717) is 5.69 Å². The molecule has 0 spiro atoms. The van der Waals surface area contributed by atoms with Gasteiger partial charge in [-0.3, -0.25) is 4.72 Å². The molecule has 1 fully saturated rings. The van der Waals surface area contributed by atoms with Gasteiger partial charge in [0.05, 0.1) is 21.8 Å². The van der Waals surface area contributed by atoms with E-state index in [1.165, 1.54) is 0 Å². The first kappa shape index (κ1) is 19.9. The van der Waals surface area contributed by atoms with Gasteiger partial charge >= 0.3 is 7.12 Å². The predicted molar refractivity (Wildman–Crippen MR) is 109 cm³/mol. The van der Waals surface area contributed by atoms with Crippen molar-refractivity contribution in [2.75, 3.05) is 4.72 Å². The second-order valence-corrected chi connectivity index (χ2v) is 9.76. The molecule has 27 heavy (non-hydrogen) atoms. The van der Waals surface area contributed by atoms with Gasteiger partial charge in [-0.25, -0.2) is 8.42 Å². The van der Waals surface area contributed by atoms with E-state index in [2.05, 4.69) is 4.72 Å². The van der Waals surface area contributed by atoms with Gasteiger partial charge in [0.25, 0.3) is 10.0 Å². The molecule has 0 bridgehead atoms. The lowest BCUT2D eigenvalue weighted by atomic mass is 9.78.